The van der Waals surface area contributed by atoms with Gasteiger partial charge in [-0.15, -0.1) is 0 Å². The van der Waals surface area contributed by atoms with Gasteiger partial charge in [0, 0.05) is 113 Å². The second-order valence-electron chi connectivity index (χ2n) is 39.2. The van der Waals surface area contributed by atoms with Crippen molar-refractivity contribution in [3.05, 3.63) is 380 Å². The van der Waals surface area contributed by atoms with E-state index >= 15 is 0 Å². The van der Waals surface area contributed by atoms with E-state index in [9.17, 15) is 0 Å². The fourth-order valence-electron chi connectivity index (χ4n) is 20.4. The van der Waals surface area contributed by atoms with Gasteiger partial charge in [-0.2, -0.15) is 0 Å². The zero-order valence-corrected chi connectivity index (χ0v) is 82.0. The van der Waals surface area contributed by atoms with E-state index in [0.717, 1.165) is 197 Å². The van der Waals surface area contributed by atoms with E-state index < -0.39 is 0 Å². The van der Waals surface area contributed by atoms with Crippen LogP contribution in [-0.4, -0.2) is 0 Å². The van der Waals surface area contributed by atoms with Gasteiger partial charge in [-0.05, 0) is 188 Å². The van der Waals surface area contributed by atoms with Gasteiger partial charge in [0.15, 0.2) is 47.5 Å². The van der Waals surface area contributed by atoms with Gasteiger partial charge >= 0.3 is 0 Å². The molecule has 672 valence electrons. The van der Waals surface area contributed by atoms with Gasteiger partial charge < -0.3 is 17.7 Å². The number of rotatable bonds is 14. The van der Waals surface area contributed by atoms with Crippen molar-refractivity contribution in [3.8, 4) is 89.5 Å². The number of aromatic nitrogens is 4. The van der Waals surface area contributed by atoms with Crippen LogP contribution in [-0.2, 0) is 47.5 Å². The van der Waals surface area contributed by atoms with Crippen LogP contribution >= 0.6 is 0 Å². The first-order chi connectivity index (χ1) is 65.3. The molecule has 0 aliphatic heterocycles. The lowest BCUT2D eigenvalue weighted by Crippen LogP contribution is -2.31. The number of benzene rings is 12. The summed E-state index contributed by atoms with van der Waals surface area (Å²) in [6.07, 6.45) is 11.8. The molecular weight excluding hydrogens is 1670 g/mol. The Kier molecular flexibility index (Phi) is 25.6. The molecule has 0 aliphatic rings. The molecule has 0 spiro atoms. The minimum atomic E-state index is 0.203. The van der Waals surface area contributed by atoms with Crippen LogP contribution in [0.25, 0.3) is 197 Å². The molecule has 0 aliphatic carbocycles. The second-order valence-corrected chi connectivity index (χ2v) is 39.2. The Hall–Kier alpha value is -15.6. The highest BCUT2D eigenvalue weighted by Crippen LogP contribution is 2.52. The largest absolute Gasteiger partial charge is 0.456 e. The molecule has 20 rings (SSSR count). The maximum absolute atomic E-state index is 7.80. The minimum Gasteiger partial charge on any atom is -0.456 e. The number of aryl methyl sites for hydroxylation is 12. The van der Waals surface area contributed by atoms with Crippen molar-refractivity contribution in [2.24, 2.45) is 45.4 Å². The average Bonchev–Trinajstić information content (AvgIpc) is 1.59. The Bertz CT molecular complexity index is 8310. The molecule has 0 bridgehead atoms. The number of fused-ring (bicyclic) bond motifs is 12. The average molecular weight is 1780 g/mol. The van der Waals surface area contributed by atoms with Gasteiger partial charge in [0.25, 0.3) is 0 Å². The number of hydrogen-bond acceptors (Lipinski definition) is 4. The van der Waals surface area contributed by atoms with Gasteiger partial charge in [-0.3, -0.25) is 0 Å². The summed E-state index contributed by atoms with van der Waals surface area (Å²) in [7, 11) is 8.39. The topological polar surface area (TPSA) is 85.5 Å². The predicted octanol–water partition coefficient (Wildman–Crippen LogP) is 32.8. The Morgan fingerprint density at radius 1 is 0.279 bits per heavy atom. The van der Waals surface area contributed by atoms with E-state index in [1.54, 1.807) is 0 Å². The molecule has 8 aromatic heterocycles. The third-order valence-corrected chi connectivity index (χ3v) is 26.4. The number of pyridine rings is 4. The quantitative estimate of drug-likeness (QED) is 0.0802. The van der Waals surface area contributed by atoms with Gasteiger partial charge in [0.2, 0.25) is 22.8 Å². The SMILES string of the molecule is [C-]#[N+]c1ccc2c(oc3c(-c4cc(CC(C)(C)C)cc[n+]4C)c(C)cc(C)c32)c1-c1ccccc1.[C-]#[N+]c1ccc2c(oc3c(-c4cc(CC(C)C)cc[n+]4C)c(C)cc(C)c32)c1-c1ccccc1.[C-]#[N+]c1ccc2c(oc3c(-c4ccc(C(C)C)c[n+]4C)c(C)cc(C)c32)c1-c1ccccc1.[C-]#[N+]c1ccc2c(oc3c(-c4ccc(CC(C)C)c[n+]4C)c(C)cc(C)c32)c1-c1ccccc1. The van der Waals surface area contributed by atoms with E-state index in [2.05, 4.69) is 281 Å². The van der Waals surface area contributed by atoms with Crippen LogP contribution < -0.4 is 18.3 Å². The summed E-state index contributed by atoms with van der Waals surface area (Å²) in [5.74, 6) is 1.67. The van der Waals surface area contributed by atoms with Crippen molar-refractivity contribution in [1.82, 2.24) is 0 Å². The van der Waals surface area contributed by atoms with E-state index in [4.69, 9.17) is 44.0 Å². The Balaban J connectivity index is 0.000000126. The molecule has 0 atom stereocenters. The highest BCUT2D eigenvalue weighted by Gasteiger charge is 2.32. The molecule has 0 fully saturated rings. The standard InChI is InChI=1S/C32H31N2O.2C31H29N2O.C30H27N2O/c1-20-17-21(2)28(26-18-22(15-16-34(26)7)19-32(3,4)5)31-27(20)24-13-14-25(33-6)29(30(24)35-31)23-11-9-8-10-12-23;1-19(2)16-22-12-15-26(33(6)18-22)28-21(4)17-20(3)27-24-13-14-25(32-5)29(30(24)34-31(27)28)23-10-8-7-9-11-23;1-19(2)16-22-14-15-33(6)26(18-22)28-21(4)17-20(3)27-24-12-13-25(32-5)29(30(24)34-31(27)28)23-10-8-7-9-11-23;1-18(2)22-12-15-25(32(6)17-22)27-20(4)16-19(3)26-23-13-14-24(31-5)28(29(23)33-30(26)27)21-10-8-7-9-11-21/h8-18H,19H2,1-5,7H3;2*7-15,17-19H,16H2,1-4,6H3;7-18H,1-4,6H3/q4*+1. The molecule has 0 amide bonds. The third kappa shape index (κ3) is 17.5. The van der Waals surface area contributed by atoms with Gasteiger partial charge in [-0.1, -0.05) is 256 Å². The summed E-state index contributed by atoms with van der Waals surface area (Å²) in [6.45, 7) is 68.6. The van der Waals surface area contributed by atoms with Crippen molar-refractivity contribution in [2.75, 3.05) is 0 Å². The van der Waals surface area contributed by atoms with Crippen LogP contribution in [0.5, 0.6) is 0 Å². The van der Waals surface area contributed by atoms with Crippen molar-refractivity contribution in [2.45, 2.75) is 143 Å². The van der Waals surface area contributed by atoms with E-state index in [1.807, 2.05) is 170 Å². The first-order valence-corrected chi connectivity index (χ1v) is 47.0. The molecule has 136 heavy (non-hydrogen) atoms. The minimum absolute atomic E-state index is 0.203. The molecule has 0 N–H and O–H groups in total. The fourth-order valence-corrected chi connectivity index (χ4v) is 20.4. The first kappa shape index (κ1) is 92.3. The smallest absolute Gasteiger partial charge is 0.216 e. The second kappa shape index (κ2) is 37.8. The van der Waals surface area contributed by atoms with Crippen LogP contribution in [0.2, 0.25) is 0 Å². The lowest BCUT2D eigenvalue weighted by molar-refractivity contribution is -0.660. The summed E-state index contributed by atoms with van der Waals surface area (Å²) >= 11 is 0. The van der Waals surface area contributed by atoms with Gasteiger partial charge in [0.1, 0.15) is 72.9 Å². The van der Waals surface area contributed by atoms with Crippen LogP contribution in [0, 0.1) is 98.9 Å². The highest BCUT2D eigenvalue weighted by atomic mass is 16.3. The molecule has 0 radical (unpaired) electrons. The van der Waals surface area contributed by atoms with E-state index in [-0.39, 0.29) is 5.41 Å². The maximum atomic E-state index is 7.80. The van der Waals surface area contributed by atoms with Crippen LogP contribution in [0.3, 0.4) is 0 Å². The third-order valence-electron chi connectivity index (χ3n) is 26.4. The zero-order chi connectivity index (χ0) is 96.1. The van der Waals surface area contributed by atoms with Crippen molar-refractivity contribution in [3.63, 3.8) is 0 Å². The lowest BCUT2D eigenvalue weighted by atomic mass is 9.87. The van der Waals surface area contributed by atoms with Crippen LogP contribution in [0.15, 0.2) is 285 Å². The predicted molar refractivity (Wildman–Crippen MR) is 560 cm³/mol. The molecule has 0 saturated heterocycles. The fraction of sp³-hybridized carbons (Fsp3) is 0.226. The molecule has 12 heteroatoms. The maximum Gasteiger partial charge on any atom is 0.216 e. The monoisotopic (exact) mass is 1780 g/mol. The molecule has 8 heterocycles. The molecule has 12 aromatic carbocycles. The van der Waals surface area contributed by atoms with Crippen molar-refractivity contribution >= 4 is 111 Å². The van der Waals surface area contributed by atoms with Gasteiger partial charge in [-0.25, -0.2) is 37.6 Å². The summed E-state index contributed by atoms with van der Waals surface area (Å²) in [5.41, 5.74) is 40.5. The van der Waals surface area contributed by atoms with E-state index in [1.165, 1.54) is 66.8 Å². The number of hydrogen-bond donors (Lipinski definition) is 0. The Labute approximate surface area is 799 Å². The Morgan fingerprint density at radius 3 is 0.853 bits per heavy atom. The summed E-state index contributed by atoms with van der Waals surface area (Å²) < 4.78 is 35.7. The molecule has 0 saturated carbocycles. The lowest BCUT2D eigenvalue weighted by Gasteiger charge is -2.18. The Morgan fingerprint density at radius 2 is 0.566 bits per heavy atom. The van der Waals surface area contributed by atoms with E-state index in [0.29, 0.717) is 40.5 Å². The van der Waals surface area contributed by atoms with Crippen molar-refractivity contribution in [1.29, 1.82) is 0 Å². The summed E-state index contributed by atoms with van der Waals surface area (Å²) in [4.78, 5) is 15.3. The van der Waals surface area contributed by atoms with Crippen molar-refractivity contribution < 1.29 is 35.9 Å². The molecular formula is C124H116N8O4+4. The van der Waals surface area contributed by atoms with Crippen LogP contribution in [0.1, 0.15) is 135 Å². The number of furan rings is 4. The highest BCUT2D eigenvalue weighted by molar-refractivity contribution is 6.21. The van der Waals surface area contributed by atoms with Crippen LogP contribution in [0.4, 0.5) is 22.7 Å². The zero-order valence-electron chi connectivity index (χ0n) is 82.0. The summed E-state index contributed by atoms with van der Waals surface area (Å²) in [6, 6.07) is 83.1. The van der Waals surface area contributed by atoms with Gasteiger partial charge in [0.05, 0.1) is 48.5 Å². The molecule has 20 aromatic rings. The molecule has 0 unspecified atom stereocenters. The summed E-state index contributed by atoms with van der Waals surface area (Å²) in [5, 5.41) is 8.70. The first-order valence-electron chi connectivity index (χ1n) is 47.0. The number of nitrogens with zero attached hydrogens (tertiary/aromatic N) is 8. The molecule has 12 nitrogen and oxygen atoms in total. The normalized spacial score (nSPS) is 11.5.